The van der Waals surface area contributed by atoms with Gasteiger partial charge in [0.15, 0.2) is 0 Å². The molecule has 0 fully saturated rings. The number of anilines is 1. The normalized spacial score (nSPS) is 11.2. The van der Waals surface area contributed by atoms with Gasteiger partial charge < -0.3 is 10.2 Å². The average molecular weight is 427 g/mol. The van der Waals surface area contributed by atoms with Gasteiger partial charge in [0.25, 0.3) is 5.69 Å². The Morgan fingerprint density at radius 2 is 1.55 bits per heavy atom. The summed E-state index contributed by atoms with van der Waals surface area (Å²) in [5.41, 5.74) is 3.97. The van der Waals surface area contributed by atoms with Crippen molar-refractivity contribution in [3.63, 3.8) is 0 Å². The molecule has 7 heteroatoms. The number of carbonyl (C=O) groups is 1. The highest BCUT2D eigenvalue weighted by Gasteiger charge is 2.15. The zero-order valence-corrected chi connectivity index (χ0v) is 19.1. The van der Waals surface area contributed by atoms with E-state index in [4.69, 9.17) is 0 Å². The summed E-state index contributed by atoms with van der Waals surface area (Å²) in [4.78, 5) is 27.8. The van der Waals surface area contributed by atoms with Crippen molar-refractivity contribution in [1.82, 2.24) is 9.80 Å². The summed E-state index contributed by atoms with van der Waals surface area (Å²) in [7, 11) is 0. The van der Waals surface area contributed by atoms with Crippen LogP contribution in [0.25, 0.3) is 0 Å². The van der Waals surface area contributed by atoms with Gasteiger partial charge in [-0.15, -0.1) is 0 Å². The van der Waals surface area contributed by atoms with Crippen molar-refractivity contribution in [2.24, 2.45) is 0 Å². The third-order valence-electron chi connectivity index (χ3n) is 5.51. The van der Waals surface area contributed by atoms with Crippen LogP contribution in [0.15, 0.2) is 42.5 Å². The van der Waals surface area contributed by atoms with Gasteiger partial charge in [-0.1, -0.05) is 44.2 Å². The van der Waals surface area contributed by atoms with Crippen LogP contribution >= 0.6 is 0 Å². The number of para-hydroxylation sites is 1. The lowest BCUT2D eigenvalue weighted by atomic mass is 10.1. The largest absolute Gasteiger partial charge is 0.324 e. The summed E-state index contributed by atoms with van der Waals surface area (Å²) in [6.45, 7) is 12.9. The van der Waals surface area contributed by atoms with Crippen molar-refractivity contribution in [2.75, 3.05) is 38.0 Å². The summed E-state index contributed by atoms with van der Waals surface area (Å²) in [6.07, 6.45) is 0.950. The number of amides is 1. The number of non-ortho nitro benzene ring substituents is 1. The molecule has 2 rings (SSSR count). The van der Waals surface area contributed by atoms with Crippen molar-refractivity contribution < 1.29 is 9.72 Å². The van der Waals surface area contributed by atoms with E-state index in [-0.39, 0.29) is 18.1 Å². The number of rotatable bonds is 12. The minimum absolute atomic E-state index is 0.0536. The number of aryl methyl sites for hydroxylation is 2. The van der Waals surface area contributed by atoms with Gasteiger partial charge in [-0.25, -0.2) is 0 Å². The second-order valence-electron chi connectivity index (χ2n) is 7.83. The van der Waals surface area contributed by atoms with Gasteiger partial charge in [0, 0.05) is 30.9 Å². The first-order valence-corrected chi connectivity index (χ1v) is 10.9. The molecule has 31 heavy (non-hydrogen) atoms. The van der Waals surface area contributed by atoms with E-state index in [0.717, 1.165) is 55.0 Å². The fourth-order valence-electron chi connectivity index (χ4n) is 3.65. The molecule has 0 saturated carbocycles. The number of nitrogens with one attached hydrogen (secondary N) is 1. The fraction of sp³-hybridized carbons (Fsp3) is 0.458. The van der Waals surface area contributed by atoms with E-state index < -0.39 is 4.92 Å². The molecule has 0 bridgehead atoms. The number of nitro groups is 1. The number of hydrogen-bond donors (Lipinski definition) is 1. The van der Waals surface area contributed by atoms with Crippen LogP contribution in [-0.2, 0) is 11.3 Å². The maximum absolute atomic E-state index is 12.8. The van der Waals surface area contributed by atoms with E-state index >= 15 is 0 Å². The maximum atomic E-state index is 12.8. The molecular weight excluding hydrogens is 392 g/mol. The SMILES string of the molecule is CCN(CC)CCCN(CC(=O)Nc1c(C)cccc1C)Cc1ccc([N+](=O)[O-])cc1. The third kappa shape index (κ3) is 7.77. The van der Waals surface area contributed by atoms with Crippen LogP contribution in [0.3, 0.4) is 0 Å². The van der Waals surface area contributed by atoms with Crippen molar-refractivity contribution in [1.29, 1.82) is 0 Å². The first-order valence-electron chi connectivity index (χ1n) is 10.9. The molecule has 168 valence electrons. The van der Waals surface area contributed by atoms with Gasteiger partial charge in [-0.05, 0) is 56.6 Å². The number of nitro benzene ring substituents is 1. The molecule has 0 heterocycles. The molecule has 1 N–H and O–H groups in total. The van der Waals surface area contributed by atoms with Crippen LogP contribution < -0.4 is 5.32 Å². The Morgan fingerprint density at radius 3 is 2.10 bits per heavy atom. The van der Waals surface area contributed by atoms with Crippen molar-refractivity contribution in [3.05, 3.63) is 69.3 Å². The highest BCUT2D eigenvalue weighted by molar-refractivity contribution is 5.93. The van der Waals surface area contributed by atoms with E-state index in [1.807, 2.05) is 32.0 Å². The van der Waals surface area contributed by atoms with Crippen LogP contribution in [0.4, 0.5) is 11.4 Å². The van der Waals surface area contributed by atoms with Gasteiger partial charge in [-0.3, -0.25) is 19.8 Å². The average Bonchev–Trinajstić information content (AvgIpc) is 2.74. The maximum Gasteiger partial charge on any atom is 0.269 e. The summed E-state index contributed by atoms with van der Waals surface area (Å²) in [6, 6.07) is 12.5. The molecule has 0 spiro atoms. The highest BCUT2D eigenvalue weighted by atomic mass is 16.6. The molecule has 0 saturated heterocycles. The molecule has 0 aromatic heterocycles. The van der Waals surface area contributed by atoms with Crippen molar-refractivity contribution in [3.8, 4) is 0 Å². The zero-order valence-electron chi connectivity index (χ0n) is 19.1. The number of carbonyl (C=O) groups excluding carboxylic acids is 1. The second kappa shape index (κ2) is 12.2. The summed E-state index contributed by atoms with van der Waals surface area (Å²) in [5, 5.41) is 14.0. The van der Waals surface area contributed by atoms with E-state index in [1.54, 1.807) is 12.1 Å². The van der Waals surface area contributed by atoms with Crippen LogP contribution in [0.2, 0.25) is 0 Å². The standard InChI is InChI=1S/C24H34N4O3/c1-5-26(6-2)15-8-16-27(17-21-11-13-22(14-12-21)28(30)31)18-23(29)25-24-19(3)9-7-10-20(24)4/h7,9-14H,5-6,8,15-18H2,1-4H3,(H,25,29). The third-order valence-corrected chi connectivity index (χ3v) is 5.51. The highest BCUT2D eigenvalue weighted by Crippen LogP contribution is 2.19. The van der Waals surface area contributed by atoms with E-state index in [2.05, 4.69) is 29.0 Å². The summed E-state index contributed by atoms with van der Waals surface area (Å²) in [5.74, 6) is -0.0536. The van der Waals surface area contributed by atoms with Crippen LogP contribution in [0.1, 0.15) is 37.0 Å². The number of benzene rings is 2. The molecule has 0 radical (unpaired) electrons. The van der Waals surface area contributed by atoms with Crippen molar-refractivity contribution in [2.45, 2.75) is 40.7 Å². The minimum Gasteiger partial charge on any atom is -0.324 e. The lowest BCUT2D eigenvalue weighted by Crippen LogP contribution is -2.35. The van der Waals surface area contributed by atoms with E-state index in [9.17, 15) is 14.9 Å². The molecule has 0 atom stereocenters. The van der Waals surface area contributed by atoms with Gasteiger partial charge in [-0.2, -0.15) is 0 Å². The predicted octanol–water partition coefficient (Wildman–Crippen LogP) is 4.38. The van der Waals surface area contributed by atoms with Crippen molar-refractivity contribution >= 4 is 17.3 Å². The van der Waals surface area contributed by atoms with Gasteiger partial charge in [0.05, 0.1) is 11.5 Å². The predicted molar refractivity (Wildman–Crippen MR) is 125 cm³/mol. The molecule has 2 aromatic carbocycles. The summed E-state index contributed by atoms with van der Waals surface area (Å²) < 4.78 is 0. The Morgan fingerprint density at radius 1 is 0.968 bits per heavy atom. The molecule has 0 unspecified atom stereocenters. The molecule has 0 aliphatic rings. The first-order chi connectivity index (χ1) is 14.8. The molecule has 1 amide bonds. The molecule has 0 aliphatic heterocycles. The topological polar surface area (TPSA) is 78.7 Å². The number of nitrogens with zero attached hydrogens (tertiary/aromatic N) is 3. The Hall–Kier alpha value is -2.77. The van der Waals surface area contributed by atoms with Gasteiger partial charge in [0.2, 0.25) is 5.91 Å². The molecular formula is C24H34N4O3. The van der Waals surface area contributed by atoms with E-state index in [0.29, 0.717) is 6.54 Å². The fourth-order valence-corrected chi connectivity index (χ4v) is 3.65. The second-order valence-corrected chi connectivity index (χ2v) is 7.83. The molecule has 0 aliphatic carbocycles. The Kier molecular flexibility index (Phi) is 9.62. The van der Waals surface area contributed by atoms with E-state index in [1.165, 1.54) is 12.1 Å². The van der Waals surface area contributed by atoms with Gasteiger partial charge >= 0.3 is 0 Å². The minimum atomic E-state index is -0.399. The lowest BCUT2D eigenvalue weighted by molar-refractivity contribution is -0.384. The summed E-state index contributed by atoms with van der Waals surface area (Å²) >= 11 is 0. The van der Waals surface area contributed by atoms with Crippen LogP contribution in [-0.4, -0.2) is 53.4 Å². The van der Waals surface area contributed by atoms with Crippen LogP contribution in [0, 0.1) is 24.0 Å². The lowest BCUT2D eigenvalue weighted by Gasteiger charge is -2.24. The van der Waals surface area contributed by atoms with Gasteiger partial charge in [0.1, 0.15) is 0 Å². The van der Waals surface area contributed by atoms with Crippen LogP contribution in [0.5, 0.6) is 0 Å². The Balaban J connectivity index is 2.06. The zero-order chi connectivity index (χ0) is 22.8. The monoisotopic (exact) mass is 426 g/mol. The quantitative estimate of drug-likeness (QED) is 0.402. The smallest absolute Gasteiger partial charge is 0.269 e. The molecule has 2 aromatic rings. The Bertz CT molecular complexity index is 843. The first kappa shape index (κ1) is 24.5. The molecule has 7 nitrogen and oxygen atoms in total. The Labute approximate surface area is 185 Å². The number of hydrogen-bond acceptors (Lipinski definition) is 5.